The summed E-state index contributed by atoms with van der Waals surface area (Å²) in [6, 6.07) is 12.8. The lowest BCUT2D eigenvalue weighted by Crippen LogP contribution is -2.23. The molecule has 0 fully saturated rings. The molecule has 2 aromatic rings. The first kappa shape index (κ1) is 11.7. The summed E-state index contributed by atoms with van der Waals surface area (Å²) in [5.74, 6) is -0.120. The Balaban J connectivity index is 1.91. The molecule has 1 aliphatic rings. The van der Waals surface area contributed by atoms with Crippen LogP contribution in [0.3, 0.4) is 0 Å². The molecule has 0 aliphatic carbocycles. The average molecular weight is 256 g/mol. The summed E-state index contributed by atoms with van der Waals surface area (Å²) in [4.78, 5) is 6.28. The Morgan fingerprint density at radius 3 is 2.84 bits per heavy atom. The van der Waals surface area contributed by atoms with E-state index in [-0.39, 0.29) is 11.6 Å². The summed E-state index contributed by atoms with van der Waals surface area (Å²) in [7, 11) is 1.46. The van der Waals surface area contributed by atoms with Crippen molar-refractivity contribution in [2.45, 2.75) is 6.54 Å². The maximum Gasteiger partial charge on any atom is 0.167 e. The number of rotatable bonds is 2. The van der Waals surface area contributed by atoms with E-state index in [1.54, 1.807) is 12.4 Å². The Hall–Kier alpha value is -2.36. The van der Waals surface area contributed by atoms with E-state index in [4.69, 9.17) is 4.74 Å². The van der Waals surface area contributed by atoms with Crippen molar-refractivity contribution in [3.05, 3.63) is 53.8 Å². The molecule has 0 aromatic heterocycles. The lowest BCUT2D eigenvalue weighted by molar-refractivity contribution is 0.386. The molecule has 3 rings (SSSR count). The van der Waals surface area contributed by atoms with E-state index >= 15 is 0 Å². The molecule has 0 bridgehead atoms. The van der Waals surface area contributed by atoms with Gasteiger partial charge in [-0.15, -0.1) is 0 Å². The zero-order valence-corrected chi connectivity index (χ0v) is 10.5. The predicted octanol–water partition coefficient (Wildman–Crippen LogP) is 3.51. The molecule has 0 radical (unpaired) electrons. The molecule has 0 saturated heterocycles. The number of fused-ring (bicyclic) bond motifs is 1. The number of methoxy groups -OCH3 is 1. The van der Waals surface area contributed by atoms with Crippen molar-refractivity contribution >= 4 is 17.7 Å². The molecule has 0 atom stereocenters. The van der Waals surface area contributed by atoms with Crippen LogP contribution in [0.25, 0.3) is 0 Å². The van der Waals surface area contributed by atoms with Crippen LogP contribution in [0.2, 0.25) is 0 Å². The van der Waals surface area contributed by atoms with Gasteiger partial charge in [-0.2, -0.15) is 0 Å². The van der Waals surface area contributed by atoms with Crippen LogP contribution in [0.15, 0.2) is 47.5 Å². The number of benzene rings is 2. The zero-order chi connectivity index (χ0) is 13.2. The third-order valence-corrected chi connectivity index (χ3v) is 3.14. The van der Waals surface area contributed by atoms with Crippen molar-refractivity contribution in [3.63, 3.8) is 0 Å². The van der Waals surface area contributed by atoms with Gasteiger partial charge >= 0.3 is 0 Å². The second-order valence-corrected chi connectivity index (χ2v) is 4.32. The molecule has 1 heterocycles. The van der Waals surface area contributed by atoms with Crippen molar-refractivity contribution in [1.29, 1.82) is 0 Å². The van der Waals surface area contributed by atoms with Crippen LogP contribution < -0.4 is 9.64 Å². The summed E-state index contributed by atoms with van der Waals surface area (Å²) in [6.45, 7) is 0.686. The molecule has 96 valence electrons. The molecule has 3 nitrogen and oxygen atoms in total. The first-order valence-corrected chi connectivity index (χ1v) is 6.00. The van der Waals surface area contributed by atoms with Gasteiger partial charge in [0, 0.05) is 11.8 Å². The molecule has 0 saturated carbocycles. The van der Waals surface area contributed by atoms with Crippen LogP contribution >= 0.6 is 0 Å². The Labute approximate surface area is 111 Å². The monoisotopic (exact) mass is 256 g/mol. The van der Waals surface area contributed by atoms with Gasteiger partial charge in [0.2, 0.25) is 0 Å². The normalized spacial score (nSPS) is 13.3. The van der Waals surface area contributed by atoms with Crippen molar-refractivity contribution in [3.8, 4) is 5.75 Å². The second kappa shape index (κ2) is 4.72. The van der Waals surface area contributed by atoms with Gasteiger partial charge in [-0.1, -0.05) is 18.2 Å². The number of hydrogen-bond acceptors (Lipinski definition) is 3. The van der Waals surface area contributed by atoms with E-state index < -0.39 is 0 Å². The largest absolute Gasteiger partial charge is 0.494 e. The fraction of sp³-hybridized carbons (Fsp3) is 0.133. The van der Waals surface area contributed by atoms with Gasteiger partial charge in [-0.3, -0.25) is 0 Å². The zero-order valence-electron chi connectivity index (χ0n) is 10.5. The van der Waals surface area contributed by atoms with Gasteiger partial charge in [0.1, 0.15) is 0 Å². The maximum atomic E-state index is 13.7. The summed E-state index contributed by atoms with van der Waals surface area (Å²) < 4.78 is 18.6. The topological polar surface area (TPSA) is 24.8 Å². The fourth-order valence-corrected chi connectivity index (χ4v) is 2.12. The highest BCUT2D eigenvalue weighted by Gasteiger charge is 2.14. The third-order valence-electron chi connectivity index (χ3n) is 3.14. The molecule has 1 aliphatic heterocycles. The lowest BCUT2D eigenvalue weighted by Gasteiger charge is -2.24. The Kier molecular flexibility index (Phi) is 2.91. The number of ether oxygens (including phenoxy) is 1. The molecular formula is C15H13FN2O. The van der Waals surface area contributed by atoms with Gasteiger partial charge in [0.05, 0.1) is 25.7 Å². The van der Waals surface area contributed by atoms with Crippen LogP contribution in [0.1, 0.15) is 5.56 Å². The summed E-state index contributed by atoms with van der Waals surface area (Å²) in [5.41, 5.74) is 2.85. The van der Waals surface area contributed by atoms with Crippen LogP contribution in [0.5, 0.6) is 5.75 Å². The lowest BCUT2D eigenvalue weighted by atomic mass is 10.1. The van der Waals surface area contributed by atoms with Crippen molar-refractivity contribution in [2.24, 2.45) is 4.99 Å². The molecule has 0 amide bonds. The van der Waals surface area contributed by atoms with Gasteiger partial charge in [0.15, 0.2) is 11.6 Å². The van der Waals surface area contributed by atoms with E-state index in [1.807, 2.05) is 35.2 Å². The van der Waals surface area contributed by atoms with Crippen molar-refractivity contribution in [1.82, 2.24) is 0 Å². The van der Waals surface area contributed by atoms with Crippen molar-refractivity contribution in [2.75, 3.05) is 12.0 Å². The molecule has 0 unspecified atom stereocenters. The van der Waals surface area contributed by atoms with Crippen LogP contribution in [-0.4, -0.2) is 13.4 Å². The first-order valence-electron chi connectivity index (χ1n) is 6.00. The summed E-state index contributed by atoms with van der Waals surface area (Å²) in [5, 5.41) is 0. The highest BCUT2D eigenvalue weighted by molar-refractivity contribution is 5.84. The second-order valence-electron chi connectivity index (χ2n) is 4.32. The minimum atomic E-state index is -0.368. The number of para-hydroxylation sites is 1. The van der Waals surface area contributed by atoms with E-state index in [2.05, 4.69) is 4.99 Å². The van der Waals surface area contributed by atoms with Crippen LogP contribution in [0.4, 0.5) is 15.8 Å². The maximum absolute atomic E-state index is 13.7. The number of anilines is 1. The average Bonchev–Trinajstić information content (AvgIpc) is 2.46. The number of hydrogen-bond donors (Lipinski definition) is 0. The van der Waals surface area contributed by atoms with E-state index in [0.29, 0.717) is 6.54 Å². The smallest absolute Gasteiger partial charge is 0.167 e. The molecular weight excluding hydrogens is 243 g/mol. The number of aliphatic imine (C=N–C) groups is 1. The molecule has 4 heteroatoms. The molecule has 0 spiro atoms. The molecule has 0 N–H and O–H groups in total. The highest BCUT2D eigenvalue weighted by atomic mass is 19.1. The molecule has 19 heavy (non-hydrogen) atoms. The van der Waals surface area contributed by atoms with Crippen LogP contribution in [-0.2, 0) is 6.54 Å². The third kappa shape index (κ3) is 2.17. The Morgan fingerprint density at radius 1 is 1.21 bits per heavy atom. The first-order chi connectivity index (χ1) is 9.28. The highest BCUT2D eigenvalue weighted by Crippen LogP contribution is 2.29. The SMILES string of the molecule is COc1ccc(N2C=Nc3ccccc3C2)cc1F. The van der Waals surface area contributed by atoms with Gasteiger partial charge in [0.25, 0.3) is 0 Å². The van der Waals surface area contributed by atoms with E-state index in [9.17, 15) is 4.39 Å². The summed E-state index contributed by atoms with van der Waals surface area (Å²) >= 11 is 0. The quantitative estimate of drug-likeness (QED) is 0.821. The summed E-state index contributed by atoms with van der Waals surface area (Å²) in [6.07, 6.45) is 1.73. The fourth-order valence-electron chi connectivity index (χ4n) is 2.12. The van der Waals surface area contributed by atoms with E-state index in [1.165, 1.54) is 13.2 Å². The number of nitrogens with zero attached hydrogens (tertiary/aromatic N) is 2. The van der Waals surface area contributed by atoms with Gasteiger partial charge in [-0.25, -0.2) is 9.38 Å². The van der Waals surface area contributed by atoms with Crippen LogP contribution in [0, 0.1) is 5.82 Å². The Bertz CT molecular complexity index is 640. The van der Waals surface area contributed by atoms with Gasteiger partial charge in [-0.05, 0) is 23.8 Å². The van der Waals surface area contributed by atoms with Crippen molar-refractivity contribution < 1.29 is 9.13 Å². The Morgan fingerprint density at radius 2 is 2.05 bits per heavy atom. The number of halogens is 1. The minimum Gasteiger partial charge on any atom is -0.494 e. The molecule has 2 aromatic carbocycles. The predicted molar refractivity (Wildman–Crippen MR) is 73.7 cm³/mol. The minimum absolute atomic E-state index is 0.248. The van der Waals surface area contributed by atoms with E-state index in [0.717, 1.165) is 16.9 Å². The van der Waals surface area contributed by atoms with Gasteiger partial charge < -0.3 is 9.64 Å². The standard InChI is InChI=1S/C15H13FN2O/c1-19-15-7-6-12(8-13(15)16)18-9-11-4-2-3-5-14(11)17-10-18/h2-8,10H,9H2,1H3.